The first-order valence-electron chi connectivity index (χ1n) is 5.33. The number of phenolic OH excluding ortho intramolecular Hbond substituents is 1. The van der Waals surface area contributed by atoms with Crippen LogP contribution in [0, 0.1) is 0 Å². The highest BCUT2D eigenvalue weighted by atomic mass is 32.2. The van der Waals surface area contributed by atoms with Gasteiger partial charge in [0, 0.05) is 10.6 Å². The van der Waals surface area contributed by atoms with E-state index >= 15 is 0 Å². The molecule has 84 valence electrons. The van der Waals surface area contributed by atoms with Crippen molar-refractivity contribution in [3.63, 3.8) is 0 Å². The fourth-order valence-corrected chi connectivity index (χ4v) is 2.10. The molecule has 0 aliphatic rings. The first-order chi connectivity index (χ1) is 7.27. The van der Waals surface area contributed by atoms with Crippen LogP contribution in [-0.2, 0) is 6.42 Å². The summed E-state index contributed by atoms with van der Waals surface area (Å²) in [5.41, 5.74) is 1.01. The van der Waals surface area contributed by atoms with Gasteiger partial charge in [-0.05, 0) is 36.6 Å². The lowest BCUT2D eigenvalue weighted by Gasteiger charge is -2.06. The summed E-state index contributed by atoms with van der Waals surface area (Å²) in [7, 11) is 0. The van der Waals surface area contributed by atoms with Crippen molar-refractivity contribution in [2.45, 2.75) is 31.1 Å². The maximum absolute atomic E-state index is 9.63. The Balaban J connectivity index is 2.66. The van der Waals surface area contributed by atoms with Crippen LogP contribution in [0.1, 0.15) is 25.3 Å². The number of aromatic hydroxyl groups is 1. The summed E-state index contributed by atoms with van der Waals surface area (Å²) < 4.78 is 0. The highest BCUT2D eigenvalue weighted by molar-refractivity contribution is 7.99. The van der Waals surface area contributed by atoms with Crippen molar-refractivity contribution in [1.29, 1.82) is 0 Å². The molecule has 0 atom stereocenters. The lowest BCUT2D eigenvalue weighted by atomic mass is 10.1. The summed E-state index contributed by atoms with van der Waals surface area (Å²) in [6.07, 6.45) is 3.16. The predicted octanol–water partition coefficient (Wildman–Crippen LogP) is 2.82. The number of hydrogen-bond donors (Lipinski definition) is 2. The second-order valence-electron chi connectivity index (χ2n) is 3.47. The number of phenols is 1. The van der Waals surface area contributed by atoms with Gasteiger partial charge in [0.05, 0.1) is 6.61 Å². The molecule has 0 aromatic heterocycles. The molecule has 0 unspecified atom stereocenters. The standard InChI is InChI=1S/C12H18O2S/c1-2-3-4-10-9-11(15-8-7-13)5-6-12(10)14/h5-6,9,13-14H,2-4,7-8H2,1H3. The first kappa shape index (κ1) is 12.4. The normalized spacial score (nSPS) is 10.5. The largest absolute Gasteiger partial charge is 0.508 e. The zero-order valence-electron chi connectivity index (χ0n) is 9.07. The first-order valence-corrected chi connectivity index (χ1v) is 6.32. The van der Waals surface area contributed by atoms with Crippen molar-refractivity contribution < 1.29 is 10.2 Å². The molecule has 0 saturated carbocycles. The van der Waals surface area contributed by atoms with Gasteiger partial charge in [-0.3, -0.25) is 0 Å². The average molecular weight is 226 g/mol. The Labute approximate surface area is 95.3 Å². The van der Waals surface area contributed by atoms with Gasteiger partial charge >= 0.3 is 0 Å². The number of thioether (sulfide) groups is 1. The molecule has 0 bridgehead atoms. The molecule has 0 aliphatic carbocycles. The number of aliphatic hydroxyl groups excluding tert-OH is 1. The van der Waals surface area contributed by atoms with Gasteiger partial charge in [0.15, 0.2) is 0 Å². The van der Waals surface area contributed by atoms with E-state index in [2.05, 4.69) is 6.92 Å². The number of rotatable bonds is 6. The van der Waals surface area contributed by atoms with E-state index < -0.39 is 0 Å². The zero-order chi connectivity index (χ0) is 11.1. The summed E-state index contributed by atoms with van der Waals surface area (Å²) in [5, 5.41) is 18.4. The quantitative estimate of drug-likeness (QED) is 0.733. The highest BCUT2D eigenvalue weighted by Crippen LogP contribution is 2.26. The minimum atomic E-state index is 0.190. The van der Waals surface area contributed by atoms with Crippen molar-refractivity contribution >= 4 is 11.8 Å². The van der Waals surface area contributed by atoms with E-state index in [4.69, 9.17) is 5.11 Å². The van der Waals surface area contributed by atoms with Crippen LogP contribution in [0.15, 0.2) is 23.1 Å². The van der Waals surface area contributed by atoms with Gasteiger partial charge in [-0.15, -0.1) is 11.8 Å². The number of unbranched alkanes of at least 4 members (excludes halogenated alkanes) is 1. The molecule has 1 aromatic carbocycles. The molecule has 2 N–H and O–H groups in total. The molecule has 0 spiro atoms. The van der Waals surface area contributed by atoms with E-state index in [9.17, 15) is 5.11 Å². The lowest BCUT2D eigenvalue weighted by Crippen LogP contribution is -1.89. The van der Waals surface area contributed by atoms with Crippen molar-refractivity contribution in [1.82, 2.24) is 0 Å². The Morgan fingerprint density at radius 2 is 2.13 bits per heavy atom. The maximum atomic E-state index is 9.63. The number of hydrogen-bond acceptors (Lipinski definition) is 3. The Morgan fingerprint density at radius 3 is 2.80 bits per heavy atom. The second kappa shape index (κ2) is 6.75. The molecule has 3 heteroatoms. The van der Waals surface area contributed by atoms with E-state index in [1.807, 2.05) is 12.1 Å². The zero-order valence-corrected chi connectivity index (χ0v) is 9.89. The lowest BCUT2D eigenvalue weighted by molar-refractivity contribution is 0.322. The van der Waals surface area contributed by atoms with Gasteiger partial charge in [-0.25, -0.2) is 0 Å². The number of benzene rings is 1. The van der Waals surface area contributed by atoms with E-state index in [1.54, 1.807) is 17.8 Å². The summed E-state index contributed by atoms with van der Waals surface area (Å²) in [5.74, 6) is 1.09. The van der Waals surface area contributed by atoms with Crippen LogP contribution in [0.3, 0.4) is 0 Å². The third-order valence-corrected chi connectivity index (χ3v) is 3.18. The minimum Gasteiger partial charge on any atom is -0.508 e. The Bertz CT molecular complexity index is 300. The maximum Gasteiger partial charge on any atom is 0.118 e. The average Bonchev–Trinajstić information content (AvgIpc) is 2.26. The molecule has 0 aliphatic heterocycles. The SMILES string of the molecule is CCCCc1cc(SCCO)ccc1O. The smallest absolute Gasteiger partial charge is 0.118 e. The van der Waals surface area contributed by atoms with Gasteiger partial charge in [0.2, 0.25) is 0 Å². The number of aliphatic hydroxyl groups is 1. The van der Waals surface area contributed by atoms with Crippen molar-refractivity contribution in [2.24, 2.45) is 0 Å². The van der Waals surface area contributed by atoms with Crippen LogP contribution in [-0.4, -0.2) is 22.6 Å². The molecule has 15 heavy (non-hydrogen) atoms. The molecule has 0 saturated heterocycles. The van der Waals surface area contributed by atoms with E-state index in [0.29, 0.717) is 11.5 Å². The van der Waals surface area contributed by atoms with Gasteiger partial charge in [-0.1, -0.05) is 13.3 Å². The highest BCUT2D eigenvalue weighted by Gasteiger charge is 2.02. The summed E-state index contributed by atoms with van der Waals surface area (Å²) in [6, 6.07) is 5.65. The van der Waals surface area contributed by atoms with Crippen LogP contribution in [0.2, 0.25) is 0 Å². The fourth-order valence-electron chi connectivity index (χ4n) is 1.38. The van der Waals surface area contributed by atoms with Gasteiger partial charge < -0.3 is 10.2 Å². The van der Waals surface area contributed by atoms with E-state index in [0.717, 1.165) is 29.7 Å². The summed E-state index contributed by atoms with van der Waals surface area (Å²) in [6.45, 7) is 2.33. The van der Waals surface area contributed by atoms with E-state index in [-0.39, 0.29) is 6.61 Å². The molecule has 0 fully saturated rings. The predicted molar refractivity (Wildman–Crippen MR) is 64.5 cm³/mol. The molecule has 2 nitrogen and oxygen atoms in total. The van der Waals surface area contributed by atoms with Gasteiger partial charge in [0.25, 0.3) is 0 Å². The van der Waals surface area contributed by atoms with Crippen LogP contribution in [0.25, 0.3) is 0 Å². The number of aryl methyl sites for hydroxylation is 1. The van der Waals surface area contributed by atoms with Crippen molar-refractivity contribution in [3.05, 3.63) is 23.8 Å². The Hall–Kier alpha value is -0.670. The van der Waals surface area contributed by atoms with Crippen LogP contribution in [0.5, 0.6) is 5.75 Å². The topological polar surface area (TPSA) is 40.5 Å². The third-order valence-electron chi connectivity index (χ3n) is 2.21. The molecule has 0 heterocycles. The molecule has 1 aromatic rings. The Morgan fingerprint density at radius 1 is 1.33 bits per heavy atom. The van der Waals surface area contributed by atoms with Crippen LogP contribution in [0.4, 0.5) is 0 Å². The molecule has 0 radical (unpaired) electrons. The molecule has 1 rings (SSSR count). The summed E-state index contributed by atoms with van der Waals surface area (Å²) >= 11 is 1.62. The van der Waals surface area contributed by atoms with Gasteiger partial charge in [0.1, 0.15) is 5.75 Å². The summed E-state index contributed by atoms with van der Waals surface area (Å²) in [4.78, 5) is 1.12. The molecule has 0 amide bonds. The van der Waals surface area contributed by atoms with Crippen LogP contribution >= 0.6 is 11.8 Å². The molecular weight excluding hydrogens is 208 g/mol. The van der Waals surface area contributed by atoms with Crippen molar-refractivity contribution in [2.75, 3.05) is 12.4 Å². The fraction of sp³-hybridized carbons (Fsp3) is 0.500. The van der Waals surface area contributed by atoms with Gasteiger partial charge in [-0.2, -0.15) is 0 Å². The third kappa shape index (κ3) is 4.14. The molecular formula is C12H18O2S. The minimum absolute atomic E-state index is 0.190. The van der Waals surface area contributed by atoms with Crippen LogP contribution < -0.4 is 0 Å². The Kier molecular flexibility index (Phi) is 5.58. The van der Waals surface area contributed by atoms with E-state index in [1.165, 1.54) is 0 Å². The second-order valence-corrected chi connectivity index (χ2v) is 4.63. The van der Waals surface area contributed by atoms with Crippen molar-refractivity contribution in [3.8, 4) is 5.75 Å². The monoisotopic (exact) mass is 226 g/mol.